The van der Waals surface area contributed by atoms with Gasteiger partial charge in [-0.1, -0.05) is 23.7 Å². The molecule has 0 atom stereocenters. The first kappa shape index (κ1) is 28.5. The number of nitrogens with zero attached hydrogens (tertiary/aromatic N) is 2. The van der Waals surface area contributed by atoms with Gasteiger partial charge in [0.05, 0.1) is 28.3 Å². The zero-order valence-corrected chi connectivity index (χ0v) is 22.1. The van der Waals surface area contributed by atoms with E-state index in [1.165, 1.54) is 12.1 Å². The van der Waals surface area contributed by atoms with Gasteiger partial charge in [-0.3, -0.25) is 24.7 Å². The van der Waals surface area contributed by atoms with Crippen molar-refractivity contribution in [1.29, 1.82) is 0 Å². The fourth-order valence-corrected chi connectivity index (χ4v) is 5.98. The molecule has 10 nitrogen and oxygen atoms in total. The average molecular weight is 602 g/mol. The summed E-state index contributed by atoms with van der Waals surface area (Å²) < 4.78 is 63.0. The van der Waals surface area contributed by atoms with Gasteiger partial charge >= 0.3 is 6.18 Å². The summed E-state index contributed by atoms with van der Waals surface area (Å²) in [6, 6.07) is 9.87. The van der Waals surface area contributed by atoms with Crippen molar-refractivity contribution in [2.24, 2.45) is 0 Å². The molecule has 39 heavy (non-hydrogen) atoms. The molecule has 0 spiro atoms. The second-order valence-corrected chi connectivity index (χ2v) is 11.7. The molecule has 3 heterocycles. The van der Waals surface area contributed by atoms with Crippen molar-refractivity contribution < 1.29 is 36.0 Å². The van der Waals surface area contributed by atoms with Crippen LogP contribution in [0, 0.1) is 0 Å². The number of thiophene rings is 1. The first-order chi connectivity index (χ1) is 18.4. The van der Waals surface area contributed by atoms with Crippen LogP contribution in [0.1, 0.15) is 44.0 Å². The maximum Gasteiger partial charge on any atom is 0.417 e. The third kappa shape index (κ3) is 6.55. The van der Waals surface area contributed by atoms with E-state index in [-0.39, 0.29) is 52.1 Å². The second-order valence-electron chi connectivity index (χ2n) is 8.20. The molecule has 16 heteroatoms. The number of pyridine rings is 1. The van der Waals surface area contributed by atoms with Crippen LogP contribution < -0.4 is 15.6 Å². The number of rotatable bonds is 10. The predicted octanol–water partition coefficient (Wildman–Crippen LogP) is 3.81. The van der Waals surface area contributed by atoms with Crippen LogP contribution in [0.25, 0.3) is 0 Å². The molecule has 1 aliphatic heterocycles. The van der Waals surface area contributed by atoms with Gasteiger partial charge in [-0.05, 0) is 36.8 Å². The Kier molecular flexibility index (Phi) is 8.25. The monoisotopic (exact) mass is 601 g/mol. The fourth-order valence-electron chi connectivity index (χ4n) is 3.54. The largest absolute Gasteiger partial charge is 0.417 e. The van der Waals surface area contributed by atoms with E-state index in [0.717, 1.165) is 22.3 Å². The summed E-state index contributed by atoms with van der Waals surface area (Å²) in [6.45, 7) is 0.0219. The number of nitrogens with one attached hydrogen (secondary N) is 3. The van der Waals surface area contributed by atoms with Gasteiger partial charge in [0, 0.05) is 24.0 Å². The molecule has 0 unspecified atom stereocenters. The first-order valence-corrected chi connectivity index (χ1v) is 13.9. The molecule has 3 N–H and O–H groups in total. The lowest BCUT2D eigenvalue weighted by molar-refractivity contribution is -0.137. The van der Waals surface area contributed by atoms with Gasteiger partial charge in [0.2, 0.25) is 5.91 Å². The number of imide groups is 1. The average Bonchev–Trinajstić information content (AvgIpc) is 3.46. The number of anilines is 1. The molecule has 3 aromatic rings. The minimum atomic E-state index is -4.58. The highest BCUT2D eigenvalue weighted by Gasteiger charge is 2.35. The van der Waals surface area contributed by atoms with E-state index in [1.54, 1.807) is 24.3 Å². The lowest BCUT2D eigenvalue weighted by Crippen LogP contribution is -2.41. The summed E-state index contributed by atoms with van der Waals surface area (Å²) in [7, 11) is -4.13. The van der Waals surface area contributed by atoms with E-state index in [2.05, 4.69) is 15.7 Å². The summed E-state index contributed by atoms with van der Waals surface area (Å²) >= 11 is 6.64. The topological polar surface area (TPSA) is 138 Å². The SMILES string of the molecule is O=C(CCCNc1ncc(C(F)(F)F)cc1Cl)NNS(=O)(=O)c1ccc(CN2C(=O)c3ccccc3C2=O)s1. The molecule has 1 aliphatic rings. The zero-order valence-electron chi connectivity index (χ0n) is 19.7. The Labute approximate surface area is 229 Å². The number of benzene rings is 1. The molecule has 2 aromatic heterocycles. The molecular weight excluding hydrogens is 583 g/mol. The quantitative estimate of drug-likeness (QED) is 0.182. The molecule has 0 radical (unpaired) electrons. The number of carbonyl (C=O) groups is 3. The van der Waals surface area contributed by atoms with Crippen LogP contribution in [-0.2, 0) is 27.5 Å². The first-order valence-electron chi connectivity index (χ1n) is 11.2. The Balaban J connectivity index is 1.24. The number of hydrazine groups is 1. The number of hydrogen-bond donors (Lipinski definition) is 3. The maximum atomic E-state index is 12.7. The Morgan fingerprint density at radius 3 is 2.36 bits per heavy atom. The van der Waals surface area contributed by atoms with Crippen molar-refractivity contribution in [2.75, 3.05) is 11.9 Å². The van der Waals surface area contributed by atoms with E-state index in [4.69, 9.17) is 11.6 Å². The van der Waals surface area contributed by atoms with Crippen molar-refractivity contribution >= 4 is 56.5 Å². The van der Waals surface area contributed by atoms with Crippen LogP contribution in [0.3, 0.4) is 0 Å². The van der Waals surface area contributed by atoms with Gasteiger partial charge < -0.3 is 5.32 Å². The van der Waals surface area contributed by atoms with E-state index in [9.17, 15) is 36.0 Å². The second kappa shape index (κ2) is 11.3. The summed E-state index contributed by atoms with van der Waals surface area (Å²) in [6.07, 6.45) is -3.88. The minimum Gasteiger partial charge on any atom is -0.369 e. The van der Waals surface area contributed by atoms with Gasteiger partial charge in [-0.25, -0.2) is 13.4 Å². The lowest BCUT2D eigenvalue weighted by atomic mass is 10.1. The Morgan fingerprint density at radius 2 is 1.74 bits per heavy atom. The molecule has 1 aromatic carbocycles. The van der Waals surface area contributed by atoms with E-state index in [1.807, 2.05) is 4.83 Å². The number of halogens is 4. The van der Waals surface area contributed by atoms with Gasteiger partial charge in [-0.15, -0.1) is 16.2 Å². The minimum absolute atomic E-state index is 0.0143. The van der Waals surface area contributed by atoms with Crippen LogP contribution in [0.15, 0.2) is 52.9 Å². The van der Waals surface area contributed by atoms with E-state index < -0.39 is 39.5 Å². The Bertz CT molecular complexity index is 1510. The van der Waals surface area contributed by atoms with Gasteiger partial charge in [0.1, 0.15) is 10.0 Å². The highest BCUT2D eigenvalue weighted by atomic mass is 35.5. The van der Waals surface area contributed by atoms with Gasteiger partial charge in [-0.2, -0.15) is 13.2 Å². The maximum absolute atomic E-state index is 12.7. The Hall–Kier alpha value is -3.53. The van der Waals surface area contributed by atoms with Crippen LogP contribution in [0.4, 0.5) is 19.0 Å². The summed E-state index contributed by atoms with van der Waals surface area (Å²) in [4.78, 5) is 44.2. The van der Waals surface area contributed by atoms with Crippen molar-refractivity contribution in [3.8, 4) is 0 Å². The number of fused-ring (bicyclic) bond motifs is 1. The number of aromatic nitrogens is 1. The number of alkyl halides is 3. The lowest BCUT2D eigenvalue weighted by Gasteiger charge is -2.12. The normalized spacial score (nSPS) is 13.5. The standard InChI is InChI=1S/C23H19ClF3N5O5S2/c24-17-10-13(23(25,26)27)11-29-20(17)28-9-3-6-18(33)30-31-39(36,37)19-8-7-14(38-19)12-32-21(34)15-4-1-2-5-16(15)22(32)35/h1-2,4-5,7-8,10-11,31H,3,6,9,12H2,(H,28,29)(H,30,33). The van der Waals surface area contributed by atoms with Crippen molar-refractivity contribution in [3.63, 3.8) is 0 Å². The number of hydrogen-bond acceptors (Lipinski definition) is 8. The fraction of sp³-hybridized carbons (Fsp3) is 0.217. The molecular formula is C23H19ClF3N5O5S2. The van der Waals surface area contributed by atoms with Crippen LogP contribution >= 0.6 is 22.9 Å². The molecule has 0 bridgehead atoms. The number of carbonyl (C=O) groups excluding carboxylic acids is 3. The van der Waals surface area contributed by atoms with E-state index >= 15 is 0 Å². The van der Waals surface area contributed by atoms with Crippen LogP contribution in [-0.4, -0.2) is 42.6 Å². The number of sulfonamides is 1. The summed E-state index contributed by atoms with van der Waals surface area (Å²) in [5.41, 5.74) is 1.65. The molecule has 0 saturated carbocycles. The third-order valence-corrected chi connectivity index (χ3v) is 8.56. The highest BCUT2D eigenvalue weighted by Crippen LogP contribution is 2.32. The molecule has 3 amide bonds. The molecule has 0 fully saturated rings. The third-order valence-electron chi connectivity index (χ3n) is 5.46. The van der Waals surface area contributed by atoms with Crippen molar-refractivity contribution in [3.05, 3.63) is 75.3 Å². The molecule has 206 valence electrons. The van der Waals surface area contributed by atoms with Crippen molar-refractivity contribution in [1.82, 2.24) is 20.1 Å². The highest BCUT2D eigenvalue weighted by molar-refractivity contribution is 7.91. The van der Waals surface area contributed by atoms with Crippen LogP contribution in [0.5, 0.6) is 0 Å². The zero-order chi connectivity index (χ0) is 28.4. The molecule has 4 rings (SSSR count). The summed E-state index contributed by atoms with van der Waals surface area (Å²) in [5.74, 6) is -1.58. The Morgan fingerprint density at radius 1 is 1.08 bits per heavy atom. The summed E-state index contributed by atoms with van der Waals surface area (Å²) in [5, 5.41) is 2.47. The molecule has 0 saturated heterocycles. The van der Waals surface area contributed by atoms with E-state index in [0.29, 0.717) is 11.1 Å². The van der Waals surface area contributed by atoms with Gasteiger partial charge in [0.25, 0.3) is 21.8 Å². The van der Waals surface area contributed by atoms with Crippen LogP contribution in [0.2, 0.25) is 5.02 Å². The smallest absolute Gasteiger partial charge is 0.369 e. The molecule has 0 aliphatic carbocycles. The van der Waals surface area contributed by atoms with Gasteiger partial charge in [0.15, 0.2) is 0 Å². The predicted molar refractivity (Wildman–Crippen MR) is 135 cm³/mol. The van der Waals surface area contributed by atoms with Crippen molar-refractivity contribution in [2.45, 2.75) is 29.8 Å². The number of amides is 3.